The molecule has 0 N–H and O–H groups in total. The maximum absolute atomic E-state index is 13.8. The predicted molar refractivity (Wildman–Crippen MR) is 162 cm³/mol. The van der Waals surface area contributed by atoms with Gasteiger partial charge >= 0.3 is 6.01 Å². The number of carbonyl (C=O) groups is 1. The molecule has 1 aliphatic carbocycles. The Labute approximate surface area is 250 Å². The first-order valence-electron chi connectivity index (χ1n) is 14.8. The number of aromatic nitrogens is 3. The molecule has 1 saturated carbocycles. The molecule has 6 rings (SSSR count). The lowest BCUT2D eigenvalue weighted by Crippen LogP contribution is -2.57. The molecule has 0 radical (unpaired) electrons. The molecular weight excluding hydrogens is 549 g/mol. The molecule has 11 heteroatoms. The quantitative estimate of drug-likeness (QED) is 0.272. The second-order valence-electron chi connectivity index (χ2n) is 11.6. The van der Waals surface area contributed by atoms with Crippen LogP contribution in [0.15, 0.2) is 43.0 Å². The van der Waals surface area contributed by atoms with Crippen LogP contribution in [0.25, 0.3) is 15.6 Å². The van der Waals surface area contributed by atoms with Gasteiger partial charge in [0.05, 0.1) is 36.3 Å². The standard InChI is InChI=1S/C32H36FN7O3/c1-20-6-5-7-23-14-35-16-28(29(20)23)38-11-10-26-27(18-38)36-32(42-19-21(2)43-25-8-9-25)37-30(26)39-12-13-40(31(41)22(3)33)24(17-39)15-34-4/h5-7,14,16,21,24-25H,3,8-13,15,17-19H2,1-2H3/t21-,24-/m0/s1. The van der Waals surface area contributed by atoms with Crippen molar-refractivity contribution >= 4 is 28.2 Å². The number of hydrogen-bond donors (Lipinski definition) is 0. The van der Waals surface area contributed by atoms with Gasteiger partial charge in [0, 0.05) is 48.7 Å². The molecule has 3 aliphatic rings. The maximum Gasteiger partial charge on any atom is 0.318 e. The average Bonchev–Trinajstić information content (AvgIpc) is 3.83. The number of nitrogens with zero attached hydrogens (tertiary/aromatic N) is 7. The predicted octanol–water partition coefficient (Wildman–Crippen LogP) is 4.26. The van der Waals surface area contributed by atoms with Crippen molar-refractivity contribution in [1.82, 2.24) is 19.9 Å². The van der Waals surface area contributed by atoms with Crippen LogP contribution in [0.5, 0.6) is 6.01 Å². The van der Waals surface area contributed by atoms with E-state index < -0.39 is 17.8 Å². The molecule has 224 valence electrons. The minimum Gasteiger partial charge on any atom is -0.461 e. The van der Waals surface area contributed by atoms with E-state index in [-0.39, 0.29) is 25.2 Å². The number of aryl methyl sites for hydroxylation is 1. The highest BCUT2D eigenvalue weighted by Crippen LogP contribution is 2.35. The van der Waals surface area contributed by atoms with Gasteiger partial charge in [-0.15, -0.1) is 0 Å². The fourth-order valence-electron chi connectivity index (χ4n) is 6.06. The van der Waals surface area contributed by atoms with Gasteiger partial charge in [0.25, 0.3) is 5.91 Å². The molecule has 1 aromatic carbocycles. The third-order valence-corrected chi connectivity index (χ3v) is 8.31. The van der Waals surface area contributed by atoms with Crippen molar-refractivity contribution in [3.8, 4) is 6.01 Å². The summed E-state index contributed by atoms with van der Waals surface area (Å²) in [4.78, 5) is 36.1. The molecule has 2 fully saturated rings. The summed E-state index contributed by atoms with van der Waals surface area (Å²) >= 11 is 0. The summed E-state index contributed by atoms with van der Waals surface area (Å²) in [5.41, 5.74) is 4.13. The lowest BCUT2D eigenvalue weighted by atomic mass is 10.0. The number of anilines is 2. The minimum absolute atomic E-state index is 0.0589. The summed E-state index contributed by atoms with van der Waals surface area (Å²) in [6.45, 7) is 17.4. The fourth-order valence-corrected chi connectivity index (χ4v) is 6.06. The maximum atomic E-state index is 13.8. The normalized spacial score (nSPS) is 19.1. The number of fused-ring (bicyclic) bond motifs is 2. The summed E-state index contributed by atoms with van der Waals surface area (Å²) in [6.07, 6.45) is 6.88. The van der Waals surface area contributed by atoms with Gasteiger partial charge in [-0.25, -0.2) is 11.0 Å². The van der Waals surface area contributed by atoms with E-state index in [1.165, 1.54) is 15.8 Å². The van der Waals surface area contributed by atoms with Crippen LogP contribution in [-0.2, 0) is 22.5 Å². The highest BCUT2D eigenvalue weighted by Gasteiger charge is 2.36. The number of hydrogen-bond acceptors (Lipinski definition) is 8. The van der Waals surface area contributed by atoms with E-state index >= 15 is 0 Å². The smallest absolute Gasteiger partial charge is 0.318 e. The highest BCUT2D eigenvalue weighted by atomic mass is 19.1. The van der Waals surface area contributed by atoms with Crippen LogP contribution in [0.2, 0.25) is 0 Å². The molecule has 4 heterocycles. The fraction of sp³-hybridized carbons (Fsp3) is 0.469. The lowest BCUT2D eigenvalue weighted by Gasteiger charge is -2.41. The van der Waals surface area contributed by atoms with E-state index in [0.717, 1.165) is 47.5 Å². The molecule has 2 aromatic heterocycles. The Morgan fingerprint density at radius 2 is 2.05 bits per heavy atom. The molecule has 1 saturated heterocycles. The molecule has 2 atom stereocenters. The van der Waals surface area contributed by atoms with Gasteiger partial charge in [-0.05, 0) is 38.7 Å². The summed E-state index contributed by atoms with van der Waals surface area (Å²) in [7, 11) is 0. The third kappa shape index (κ3) is 6.11. The molecule has 43 heavy (non-hydrogen) atoms. The Hall–Kier alpha value is -4.30. The highest BCUT2D eigenvalue weighted by molar-refractivity contribution is 5.96. The number of ether oxygens (including phenoxy) is 2. The van der Waals surface area contributed by atoms with Crippen LogP contribution in [0.1, 0.15) is 36.6 Å². The Balaban J connectivity index is 1.32. The zero-order chi connectivity index (χ0) is 30.1. The van der Waals surface area contributed by atoms with E-state index in [1.54, 1.807) is 0 Å². The van der Waals surface area contributed by atoms with Crippen LogP contribution in [0, 0.1) is 13.5 Å². The van der Waals surface area contributed by atoms with Crippen molar-refractivity contribution in [3.63, 3.8) is 0 Å². The van der Waals surface area contributed by atoms with Crippen molar-refractivity contribution in [2.75, 3.05) is 49.1 Å². The molecule has 0 unspecified atom stereocenters. The third-order valence-electron chi connectivity index (χ3n) is 8.31. The van der Waals surface area contributed by atoms with Gasteiger partial charge in [-0.3, -0.25) is 9.78 Å². The van der Waals surface area contributed by atoms with E-state index in [9.17, 15) is 9.18 Å². The molecule has 0 bridgehead atoms. The summed E-state index contributed by atoms with van der Waals surface area (Å²) in [5, 5.41) is 2.27. The second-order valence-corrected chi connectivity index (χ2v) is 11.6. The first-order chi connectivity index (χ1) is 20.8. The Bertz CT molecular complexity index is 1580. The average molecular weight is 586 g/mol. The first kappa shape index (κ1) is 28.8. The molecule has 2 aliphatic heterocycles. The Morgan fingerprint density at radius 1 is 1.21 bits per heavy atom. The van der Waals surface area contributed by atoms with Crippen LogP contribution >= 0.6 is 0 Å². The van der Waals surface area contributed by atoms with E-state index in [2.05, 4.69) is 45.3 Å². The molecule has 0 spiro atoms. The van der Waals surface area contributed by atoms with E-state index in [0.29, 0.717) is 38.8 Å². The van der Waals surface area contributed by atoms with Gasteiger partial charge < -0.3 is 29.0 Å². The number of rotatable bonds is 9. The number of amides is 1. The van der Waals surface area contributed by atoms with Crippen LogP contribution in [0.4, 0.5) is 15.9 Å². The van der Waals surface area contributed by atoms with E-state index in [1.807, 2.05) is 25.4 Å². The summed E-state index contributed by atoms with van der Waals surface area (Å²) < 4.78 is 25.9. The molecule has 3 aromatic rings. The molecular formula is C32H36FN7O3. The van der Waals surface area contributed by atoms with Crippen molar-refractivity contribution in [3.05, 3.63) is 71.2 Å². The number of benzene rings is 1. The number of piperazine rings is 1. The van der Waals surface area contributed by atoms with Crippen molar-refractivity contribution in [2.45, 2.75) is 57.9 Å². The van der Waals surface area contributed by atoms with Gasteiger partial charge in [0.15, 0.2) is 5.83 Å². The van der Waals surface area contributed by atoms with Gasteiger partial charge in [-0.2, -0.15) is 9.97 Å². The number of halogens is 1. The van der Waals surface area contributed by atoms with E-state index in [4.69, 9.17) is 26.0 Å². The van der Waals surface area contributed by atoms with Crippen molar-refractivity contribution in [1.29, 1.82) is 0 Å². The molecule has 10 nitrogen and oxygen atoms in total. The minimum atomic E-state index is -1.01. The zero-order valence-corrected chi connectivity index (χ0v) is 24.6. The Morgan fingerprint density at radius 3 is 2.81 bits per heavy atom. The zero-order valence-electron chi connectivity index (χ0n) is 24.6. The van der Waals surface area contributed by atoms with Crippen LogP contribution in [-0.4, -0.2) is 83.3 Å². The van der Waals surface area contributed by atoms with Gasteiger partial charge in [-0.1, -0.05) is 24.8 Å². The van der Waals surface area contributed by atoms with Crippen LogP contribution in [0.3, 0.4) is 0 Å². The number of carbonyl (C=O) groups excluding carboxylic acids is 1. The van der Waals surface area contributed by atoms with Crippen LogP contribution < -0.4 is 14.5 Å². The van der Waals surface area contributed by atoms with Crippen molar-refractivity contribution in [2.24, 2.45) is 0 Å². The van der Waals surface area contributed by atoms with Gasteiger partial charge in [0.1, 0.15) is 18.5 Å². The van der Waals surface area contributed by atoms with Crippen molar-refractivity contribution < 1.29 is 18.7 Å². The monoisotopic (exact) mass is 585 g/mol. The topological polar surface area (TPSA) is 88.3 Å². The lowest BCUT2D eigenvalue weighted by molar-refractivity contribution is -0.131. The number of pyridine rings is 1. The second kappa shape index (κ2) is 12.1. The first-order valence-corrected chi connectivity index (χ1v) is 14.8. The summed E-state index contributed by atoms with van der Waals surface area (Å²) in [6, 6.07) is 6.02. The van der Waals surface area contributed by atoms with Gasteiger partial charge in [0.2, 0.25) is 6.54 Å². The summed E-state index contributed by atoms with van der Waals surface area (Å²) in [5.74, 6) is -1.04. The SMILES string of the molecule is [C-]#[N+]C[C@H]1CN(c2nc(OC[C@H](C)OC3CC3)nc3c2CCN(c2cncc4cccc(C)c24)C3)CCN1C(=O)C(=C)F. The molecule has 1 amide bonds. The largest absolute Gasteiger partial charge is 0.461 e. The Kier molecular flexibility index (Phi) is 8.13.